The van der Waals surface area contributed by atoms with Gasteiger partial charge >= 0.3 is 0 Å². The highest BCUT2D eigenvalue weighted by atomic mass is 32.2. The average molecular weight is 423 g/mol. The van der Waals surface area contributed by atoms with E-state index in [1.54, 1.807) is 0 Å². The fourth-order valence-electron chi connectivity index (χ4n) is 3.54. The van der Waals surface area contributed by atoms with Crippen molar-refractivity contribution in [2.75, 3.05) is 13.2 Å². The molecule has 1 N–H and O–H groups in total. The highest BCUT2D eigenvalue weighted by Crippen LogP contribution is 2.30. The fraction of sp³-hybridized carbons (Fsp3) is 0.348. The maximum absolute atomic E-state index is 12.5. The van der Waals surface area contributed by atoms with Crippen molar-refractivity contribution < 1.29 is 9.53 Å². The van der Waals surface area contributed by atoms with Gasteiger partial charge in [0, 0.05) is 18.7 Å². The number of carbonyl (C=O) groups is 1. The van der Waals surface area contributed by atoms with E-state index in [2.05, 4.69) is 32.2 Å². The van der Waals surface area contributed by atoms with Crippen LogP contribution in [0.4, 0.5) is 0 Å². The van der Waals surface area contributed by atoms with Crippen molar-refractivity contribution in [1.29, 1.82) is 0 Å². The third-order valence-corrected chi connectivity index (χ3v) is 6.25. The van der Waals surface area contributed by atoms with E-state index < -0.39 is 0 Å². The second-order valence-electron chi connectivity index (χ2n) is 7.22. The summed E-state index contributed by atoms with van der Waals surface area (Å²) in [6, 6.07) is 18.2. The number of thioether (sulfide) groups is 1. The van der Waals surface area contributed by atoms with Crippen LogP contribution in [0.1, 0.15) is 37.6 Å². The molecule has 1 aliphatic rings. The first-order valence-corrected chi connectivity index (χ1v) is 11.3. The molecule has 0 aliphatic carbocycles. The van der Waals surface area contributed by atoms with Crippen LogP contribution >= 0.6 is 11.8 Å². The van der Waals surface area contributed by atoms with Crippen molar-refractivity contribution in [2.45, 2.75) is 43.0 Å². The molecule has 1 fully saturated rings. The zero-order valence-corrected chi connectivity index (χ0v) is 17.9. The molecule has 156 valence electrons. The van der Waals surface area contributed by atoms with E-state index in [4.69, 9.17) is 4.74 Å². The number of nitrogens with zero attached hydrogens (tertiary/aromatic N) is 3. The van der Waals surface area contributed by atoms with Crippen molar-refractivity contribution in [3.05, 3.63) is 66.0 Å². The van der Waals surface area contributed by atoms with Crippen LogP contribution in [0.25, 0.3) is 5.69 Å². The van der Waals surface area contributed by atoms with Gasteiger partial charge in [-0.3, -0.25) is 9.36 Å². The number of amides is 1. The molecule has 3 aromatic rings. The van der Waals surface area contributed by atoms with Gasteiger partial charge in [0.2, 0.25) is 5.91 Å². The first-order valence-electron chi connectivity index (χ1n) is 10.4. The van der Waals surface area contributed by atoms with Crippen LogP contribution in [0.2, 0.25) is 0 Å². The standard InChI is InChI=1S/C23H26N4O2S/c1-2-29-19-13-11-18(12-14-19)27-21(16-17-8-4-3-5-9-17)25-26-23(27)30-20-10-6-7-15-24-22(20)28/h3-5,8-9,11-14,20H,2,6-7,10,15-16H2,1H3,(H,24,28)/t20-/m0/s1. The Balaban J connectivity index is 1.67. The summed E-state index contributed by atoms with van der Waals surface area (Å²) in [5, 5.41) is 12.6. The topological polar surface area (TPSA) is 69.0 Å². The van der Waals surface area contributed by atoms with Crippen LogP contribution in [0.5, 0.6) is 5.75 Å². The molecule has 1 amide bonds. The second kappa shape index (κ2) is 9.80. The Morgan fingerprint density at radius 3 is 2.67 bits per heavy atom. The second-order valence-corrected chi connectivity index (χ2v) is 8.39. The van der Waals surface area contributed by atoms with Gasteiger partial charge in [0.05, 0.1) is 11.9 Å². The molecule has 0 saturated carbocycles. The number of nitrogens with one attached hydrogen (secondary N) is 1. The Kier molecular flexibility index (Phi) is 6.69. The molecule has 7 heteroatoms. The zero-order valence-electron chi connectivity index (χ0n) is 17.1. The maximum atomic E-state index is 12.5. The Bertz CT molecular complexity index is 973. The van der Waals surface area contributed by atoms with E-state index >= 15 is 0 Å². The summed E-state index contributed by atoms with van der Waals surface area (Å²) < 4.78 is 7.65. The Hall–Kier alpha value is -2.80. The summed E-state index contributed by atoms with van der Waals surface area (Å²) >= 11 is 1.50. The summed E-state index contributed by atoms with van der Waals surface area (Å²) in [5.74, 6) is 1.77. The molecule has 0 unspecified atom stereocenters. The highest BCUT2D eigenvalue weighted by Gasteiger charge is 2.25. The Morgan fingerprint density at radius 1 is 1.10 bits per heavy atom. The van der Waals surface area contributed by atoms with Gasteiger partial charge in [0.15, 0.2) is 5.16 Å². The first-order chi connectivity index (χ1) is 14.7. The van der Waals surface area contributed by atoms with Crippen molar-refractivity contribution in [1.82, 2.24) is 20.1 Å². The summed E-state index contributed by atoms with van der Waals surface area (Å²) in [6.07, 6.45) is 3.57. The molecule has 4 rings (SSSR count). The zero-order chi connectivity index (χ0) is 20.8. The molecule has 0 radical (unpaired) electrons. The van der Waals surface area contributed by atoms with Gasteiger partial charge in [-0.1, -0.05) is 48.5 Å². The lowest BCUT2D eigenvalue weighted by molar-refractivity contribution is -0.120. The summed E-state index contributed by atoms with van der Waals surface area (Å²) in [4.78, 5) is 12.5. The largest absolute Gasteiger partial charge is 0.494 e. The van der Waals surface area contributed by atoms with Crippen molar-refractivity contribution in [3.63, 3.8) is 0 Å². The molecule has 1 atom stereocenters. The molecule has 6 nitrogen and oxygen atoms in total. The lowest BCUT2D eigenvalue weighted by Gasteiger charge is -2.15. The number of ether oxygens (including phenoxy) is 1. The quantitative estimate of drug-likeness (QED) is 0.623. The smallest absolute Gasteiger partial charge is 0.233 e. The highest BCUT2D eigenvalue weighted by molar-refractivity contribution is 8.00. The SMILES string of the molecule is CCOc1ccc(-n2c(Cc3ccccc3)nnc2S[C@H]2CCCCNC2=O)cc1. The number of benzene rings is 2. The maximum Gasteiger partial charge on any atom is 0.233 e. The predicted octanol–water partition coefficient (Wildman–Crippen LogP) is 4.02. The number of hydrogen-bond acceptors (Lipinski definition) is 5. The van der Waals surface area contributed by atoms with E-state index in [1.165, 1.54) is 17.3 Å². The van der Waals surface area contributed by atoms with Crippen LogP contribution in [0, 0.1) is 0 Å². The predicted molar refractivity (Wildman–Crippen MR) is 118 cm³/mol. The van der Waals surface area contributed by atoms with Gasteiger partial charge in [0.1, 0.15) is 11.6 Å². The van der Waals surface area contributed by atoms with Gasteiger partial charge in [0.25, 0.3) is 0 Å². The summed E-state index contributed by atoms with van der Waals surface area (Å²) in [5.41, 5.74) is 2.13. The molecule has 30 heavy (non-hydrogen) atoms. The van der Waals surface area contributed by atoms with E-state index in [-0.39, 0.29) is 11.2 Å². The minimum Gasteiger partial charge on any atom is -0.494 e. The Morgan fingerprint density at radius 2 is 1.90 bits per heavy atom. The molecule has 1 aromatic heterocycles. The molecule has 1 aliphatic heterocycles. The monoisotopic (exact) mass is 422 g/mol. The van der Waals surface area contributed by atoms with E-state index in [0.717, 1.165) is 48.2 Å². The lowest BCUT2D eigenvalue weighted by Crippen LogP contribution is -2.30. The van der Waals surface area contributed by atoms with Crippen molar-refractivity contribution in [3.8, 4) is 11.4 Å². The molecule has 2 aromatic carbocycles. The summed E-state index contributed by atoms with van der Waals surface area (Å²) in [7, 11) is 0. The van der Waals surface area contributed by atoms with E-state index in [0.29, 0.717) is 13.0 Å². The van der Waals surface area contributed by atoms with Crippen LogP contribution in [0.3, 0.4) is 0 Å². The minimum absolute atomic E-state index is 0.0864. The van der Waals surface area contributed by atoms with Gasteiger partial charge in [-0.05, 0) is 49.6 Å². The van der Waals surface area contributed by atoms with E-state index in [9.17, 15) is 4.79 Å². The molecule has 0 spiro atoms. The van der Waals surface area contributed by atoms with Gasteiger partial charge in [-0.2, -0.15) is 0 Å². The van der Waals surface area contributed by atoms with Crippen LogP contribution in [0.15, 0.2) is 59.8 Å². The fourth-order valence-corrected chi connectivity index (χ4v) is 4.67. The molecule has 1 saturated heterocycles. The Labute approximate surface area is 181 Å². The van der Waals surface area contributed by atoms with Crippen LogP contribution in [-0.2, 0) is 11.2 Å². The van der Waals surface area contributed by atoms with Crippen LogP contribution in [-0.4, -0.2) is 39.1 Å². The van der Waals surface area contributed by atoms with Gasteiger partial charge < -0.3 is 10.1 Å². The third-order valence-electron chi connectivity index (χ3n) is 5.04. The van der Waals surface area contributed by atoms with Crippen molar-refractivity contribution in [2.24, 2.45) is 0 Å². The van der Waals surface area contributed by atoms with Gasteiger partial charge in [-0.15, -0.1) is 10.2 Å². The average Bonchev–Trinajstić information content (AvgIpc) is 3.04. The molecular formula is C23H26N4O2S. The van der Waals surface area contributed by atoms with Gasteiger partial charge in [-0.25, -0.2) is 0 Å². The van der Waals surface area contributed by atoms with Crippen molar-refractivity contribution >= 4 is 17.7 Å². The van der Waals surface area contributed by atoms with Crippen LogP contribution < -0.4 is 10.1 Å². The van der Waals surface area contributed by atoms with E-state index in [1.807, 2.05) is 49.4 Å². The summed E-state index contributed by atoms with van der Waals surface area (Å²) in [6.45, 7) is 3.35. The lowest BCUT2D eigenvalue weighted by atomic mass is 10.1. The number of hydrogen-bond donors (Lipinski definition) is 1. The molecule has 0 bridgehead atoms. The molecule has 2 heterocycles. The third kappa shape index (κ3) is 4.84. The molecular weight excluding hydrogens is 396 g/mol. The number of carbonyl (C=O) groups excluding carboxylic acids is 1. The number of rotatable bonds is 7. The normalized spacial score (nSPS) is 16.7. The number of aromatic nitrogens is 3. The minimum atomic E-state index is -0.150. The first kappa shape index (κ1) is 20.5.